The first-order chi connectivity index (χ1) is 8.54. The van der Waals surface area contributed by atoms with Gasteiger partial charge in [0.15, 0.2) is 5.78 Å². The van der Waals surface area contributed by atoms with Crippen molar-refractivity contribution in [2.24, 2.45) is 0 Å². The van der Waals surface area contributed by atoms with Crippen molar-refractivity contribution in [2.45, 2.75) is 38.6 Å². The van der Waals surface area contributed by atoms with Crippen LogP contribution in [0.3, 0.4) is 0 Å². The summed E-state index contributed by atoms with van der Waals surface area (Å²) in [7, 11) is 1.68. The van der Waals surface area contributed by atoms with Crippen LogP contribution in [0.1, 0.15) is 47.8 Å². The number of thiophene rings is 1. The molecule has 1 fully saturated rings. The van der Waals surface area contributed by atoms with Gasteiger partial charge in [-0.3, -0.25) is 4.79 Å². The highest BCUT2D eigenvalue weighted by Gasteiger charge is 2.32. The number of ketones is 1. The smallest absolute Gasteiger partial charge is 0.171 e. The molecule has 4 nitrogen and oxygen atoms in total. The van der Waals surface area contributed by atoms with E-state index in [9.17, 15) is 4.79 Å². The van der Waals surface area contributed by atoms with E-state index in [1.165, 1.54) is 24.2 Å². The third-order valence-corrected chi connectivity index (χ3v) is 4.34. The molecular formula is C13H20N2O2S. The van der Waals surface area contributed by atoms with E-state index < -0.39 is 0 Å². The van der Waals surface area contributed by atoms with E-state index in [0.717, 1.165) is 10.6 Å². The lowest BCUT2D eigenvalue weighted by Crippen LogP contribution is -2.20. The fourth-order valence-corrected chi connectivity index (χ4v) is 3.33. The lowest BCUT2D eigenvalue weighted by Gasteiger charge is -2.14. The second-order valence-electron chi connectivity index (χ2n) is 4.92. The average Bonchev–Trinajstić information content (AvgIpc) is 3.05. The van der Waals surface area contributed by atoms with Crippen LogP contribution in [-0.4, -0.2) is 25.5 Å². The predicted molar refractivity (Wildman–Crippen MR) is 75.7 cm³/mol. The SMILES string of the molecule is COCC(C)Nc1sc(C(C)=O)c(N)c1C1CC1. The highest BCUT2D eigenvalue weighted by molar-refractivity contribution is 7.18. The van der Waals surface area contributed by atoms with Crippen LogP contribution >= 0.6 is 11.3 Å². The number of hydrogen-bond donors (Lipinski definition) is 2. The summed E-state index contributed by atoms with van der Waals surface area (Å²) >= 11 is 1.48. The van der Waals surface area contributed by atoms with Crippen LogP contribution in [0.5, 0.6) is 0 Å². The van der Waals surface area contributed by atoms with E-state index in [2.05, 4.69) is 12.2 Å². The monoisotopic (exact) mass is 268 g/mol. The van der Waals surface area contributed by atoms with Crippen molar-refractivity contribution >= 4 is 27.8 Å². The fourth-order valence-electron chi connectivity index (χ4n) is 2.12. The molecule has 1 saturated carbocycles. The van der Waals surface area contributed by atoms with E-state index >= 15 is 0 Å². The summed E-state index contributed by atoms with van der Waals surface area (Å²) in [5, 5.41) is 4.46. The normalized spacial score (nSPS) is 16.6. The van der Waals surface area contributed by atoms with Gasteiger partial charge >= 0.3 is 0 Å². The van der Waals surface area contributed by atoms with Crippen molar-refractivity contribution in [2.75, 3.05) is 24.8 Å². The van der Waals surface area contributed by atoms with Crippen molar-refractivity contribution in [3.63, 3.8) is 0 Å². The van der Waals surface area contributed by atoms with Crippen LogP contribution < -0.4 is 11.1 Å². The minimum Gasteiger partial charge on any atom is -0.397 e. The van der Waals surface area contributed by atoms with Crippen molar-refractivity contribution in [3.05, 3.63) is 10.4 Å². The zero-order valence-corrected chi connectivity index (χ0v) is 11.9. The fraction of sp³-hybridized carbons (Fsp3) is 0.615. The molecule has 0 radical (unpaired) electrons. The number of Topliss-reactive ketones (excluding diaryl/α,β-unsaturated/α-hetero) is 1. The van der Waals surface area contributed by atoms with Gasteiger partial charge in [-0.05, 0) is 25.7 Å². The van der Waals surface area contributed by atoms with Gasteiger partial charge in [-0.1, -0.05) is 0 Å². The molecule has 0 bridgehead atoms. The first-order valence-electron chi connectivity index (χ1n) is 6.23. The van der Waals surface area contributed by atoms with Crippen LogP contribution in [0, 0.1) is 0 Å². The van der Waals surface area contributed by atoms with E-state index in [4.69, 9.17) is 10.5 Å². The molecule has 18 heavy (non-hydrogen) atoms. The average molecular weight is 268 g/mol. The maximum absolute atomic E-state index is 11.6. The molecule has 1 aromatic heterocycles. The van der Waals surface area contributed by atoms with E-state index in [0.29, 0.717) is 23.1 Å². The number of methoxy groups -OCH3 is 1. The van der Waals surface area contributed by atoms with Crippen molar-refractivity contribution < 1.29 is 9.53 Å². The molecule has 0 saturated heterocycles. The van der Waals surface area contributed by atoms with Crippen LogP contribution in [0.15, 0.2) is 0 Å². The summed E-state index contributed by atoms with van der Waals surface area (Å²) in [5.74, 6) is 0.582. The number of ether oxygens (including phenoxy) is 1. The first-order valence-corrected chi connectivity index (χ1v) is 7.04. The van der Waals surface area contributed by atoms with Gasteiger partial charge in [0.2, 0.25) is 0 Å². The van der Waals surface area contributed by atoms with Crippen molar-refractivity contribution in [1.82, 2.24) is 0 Å². The van der Waals surface area contributed by atoms with Gasteiger partial charge in [-0.25, -0.2) is 0 Å². The molecule has 1 unspecified atom stereocenters. The molecule has 0 spiro atoms. The molecule has 1 aromatic rings. The maximum atomic E-state index is 11.6. The molecule has 100 valence electrons. The Bertz CT molecular complexity index is 452. The van der Waals surface area contributed by atoms with Gasteiger partial charge in [0, 0.05) is 25.6 Å². The number of nitrogens with two attached hydrogens (primary N) is 1. The Kier molecular flexibility index (Phi) is 3.92. The molecule has 0 aliphatic heterocycles. The minimum absolute atomic E-state index is 0.0480. The van der Waals surface area contributed by atoms with E-state index in [1.807, 2.05) is 0 Å². The Hall–Kier alpha value is -1.07. The topological polar surface area (TPSA) is 64.3 Å². The van der Waals surface area contributed by atoms with Crippen LogP contribution in [0.25, 0.3) is 0 Å². The van der Waals surface area contributed by atoms with Gasteiger partial charge in [-0.2, -0.15) is 0 Å². The number of nitrogens with one attached hydrogen (secondary N) is 1. The molecule has 3 N–H and O–H groups in total. The van der Waals surface area contributed by atoms with E-state index in [-0.39, 0.29) is 11.8 Å². The Labute approximate surface area is 112 Å². The van der Waals surface area contributed by atoms with Crippen molar-refractivity contribution in [3.8, 4) is 0 Å². The Morgan fingerprint density at radius 1 is 1.61 bits per heavy atom. The van der Waals surface area contributed by atoms with Gasteiger partial charge in [0.05, 0.1) is 22.2 Å². The molecule has 5 heteroatoms. The second kappa shape index (κ2) is 5.28. The molecule has 0 aromatic carbocycles. The van der Waals surface area contributed by atoms with Crippen LogP contribution in [0.4, 0.5) is 10.7 Å². The highest BCUT2D eigenvalue weighted by atomic mass is 32.1. The first kappa shape index (κ1) is 13.4. The highest BCUT2D eigenvalue weighted by Crippen LogP contribution is 2.51. The number of rotatable bonds is 6. The zero-order valence-electron chi connectivity index (χ0n) is 11.1. The Balaban J connectivity index is 2.27. The largest absolute Gasteiger partial charge is 0.397 e. The van der Waals surface area contributed by atoms with Crippen LogP contribution in [-0.2, 0) is 4.74 Å². The third kappa shape index (κ3) is 2.67. The number of carbonyl (C=O) groups excluding carboxylic acids is 1. The molecule has 2 rings (SSSR count). The molecule has 1 heterocycles. The summed E-state index contributed by atoms with van der Waals surface area (Å²) in [5.41, 5.74) is 7.94. The standard InChI is InChI=1S/C13H20N2O2S/c1-7(6-17-3)15-13-10(9-4-5-9)11(14)12(18-13)8(2)16/h7,9,15H,4-6,14H2,1-3H3. The summed E-state index contributed by atoms with van der Waals surface area (Å²) in [6.45, 7) is 4.27. The maximum Gasteiger partial charge on any atom is 0.171 e. The Morgan fingerprint density at radius 2 is 2.28 bits per heavy atom. The van der Waals surface area contributed by atoms with Crippen LogP contribution in [0.2, 0.25) is 0 Å². The van der Waals surface area contributed by atoms with Crippen molar-refractivity contribution in [1.29, 1.82) is 0 Å². The molecule has 1 aliphatic rings. The molecular weight excluding hydrogens is 248 g/mol. The molecule has 1 atom stereocenters. The summed E-state index contributed by atoms with van der Waals surface area (Å²) in [6, 6.07) is 0.213. The van der Waals surface area contributed by atoms with E-state index in [1.54, 1.807) is 14.0 Å². The lowest BCUT2D eigenvalue weighted by atomic mass is 10.1. The quantitative estimate of drug-likeness (QED) is 0.779. The third-order valence-electron chi connectivity index (χ3n) is 3.08. The Morgan fingerprint density at radius 3 is 2.78 bits per heavy atom. The summed E-state index contributed by atoms with van der Waals surface area (Å²) in [4.78, 5) is 12.2. The summed E-state index contributed by atoms with van der Waals surface area (Å²) in [6.07, 6.45) is 2.34. The summed E-state index contributed by atoms with van der Waals surface area (Å²) < 4.78 is 5.12. The molecule has 0 amide bonds. The zero-order chi connectivity index (χ0) is 13.3. The number of nitrogen functional groups attached to an aromatic ring is 1. The number of carbonyl (C=O) groups is 1. The van der Waals surface area contributed by atoms with Gasteiger partial charge in [-0.15, -0.1) is 11.3 Å². The minimum atomic E-state index is 0.0480. The van der Waals surface area contributed by atoms with Gasteiger partial charge < -0.3 is 15.8 Å². The lowest BCUT2D eigenvalue weighted by molar-refractivity contribution is 0.102. The number of anilines is 2. The van der Waals surface area contributed by atoms with Gasteiger partial charge in [0.25, 0.3) is 0 Å². The number of hydrogen-bond acceptors (Lipinski definition) is 5. The predicted octanol–water partition coefficient (Wildman–Crippen LogP) is 2.86. The molecule has 1 aliphatic carbocycles. The second-order valence-corrected chi connectivity index (χ2v) is 5.94. The van der Waals surface area contributed by atoms with Gasteiger partial charge in [0.1, 0.15) is 0 Å².